The van der Waals surface area contributed by atoms with Gasteiger partial charge in [0.05, 0.1) is 93.8 Å². The van der Waals surface area contributed by atoms with Crippen LogP contribution in [0.3, 0.4) is 0 Å². The van der Waals surface area contributed by atoms with Crippen molar-refractivity contribution in [3.63, 3.8) is 0 Å². The van der Waals surface area contributed by atoms with Crippen molar-refractivity contribution in [3.8, 4) is 17.2 Å². The lowest BCUT2D eigenvalue weighted by Crippen LogP contribution is -2.26. The second kappa shape index (κ2) is 54.6. The fourth-order valence-corrected chi connectivity index (χ4v) is 13.0. The molecule has 0 spiro atoms. The van der Waals surface area contributed by atoms with E-state index in [9.17, 15) is 58.2 Å². The molecule has 0 heterocycles. The van der Waals surface area contributed by atoms with Gasteiger partial charge >= 0.3 is 53.7 Å². The quantitative estimate of drug-likeness (QED) is 0.0151. The Labute approximate surface area is 814 Å². The molecular weight excluding hydrogens is 1880 g/mol. The molecule has 137 heavy (non-hydrogen) atoms. The van der Waals surface area contributed by atoms with Crippen LogP contribution >= 0.6 is 31.9 Å². The molecule has 12 aromatic rings. The number of aliphatic hydroxyl groups excluding tert-OH is 2. The van der Waals surface area contributed by atoms with Crippen LogP contribution in [0.15, 0.2) is 307 Å². The Morgan fingerprint density at radius 3 is 0.883 bits per heavy atom. The fourth-order valence-electron chi connectivity index (χ4n) is 12.3. The molecule has 1 unspecified atom stereocenters. The van der Waals surface area contributed by atoms with Crippen molar-refractivity contribution in [2.75, 3.05) is 79.7 Å². The minimum Gasteiger partial charge on any atom is -0.489 e. The number of alkyl halides is 2. The summed E-state index contributed by atoms with van der Waals surface area (Å²) in [5.74, 6) is -1.51. The monoisotopic (exact) mass is 1990 g/mol. The van der Waals surface area contributed by atoms with Crippen LogP contribution in [-0.4, -0.2) is 167 Å². The van der Waals surface area contributed by atoms with Gasteiger partial charge in [-0.25, -0.2) is 43.2 Å². The van der Waals surface area contributed by atoms with Gasteiger partial charge in [0.1, 0.15) is 66.3 Å². The molecule has 24 nitrogen and oxygen atoms in total. The smallest absolute Gasteiger partial charge is 0.338 e. The van der Waals surface area contributed by atoms with Crippen LogP contribution in [0.25, 0.3) is 56.6 Å². The van der Waals surface area contributed by atoms with Crippen molar-refractivity contribution in [2.45, 2.75) is 85.2 Å². The third kappa shape index (κ3) is 36.2. The molecule has 26 heteroatoms. The number of esters is 9. The van der Waals surface area contributed by atoms with E-state index in [1.165, 1.54) is 66.9 Å². The van der Waals surface area contributed by atoms with E-state index in [4.69, 9.17) is 37.9 Å². The maximum atomic E-state index is 12.8. The van der Waals surface area contributed by atoms with Crippen molar-refractivity contribution >= 4 is 148 Å². The van der Waals surface area contributed by atoms with Crippen molar-refractivity contribution in [3.05, 3.63) is 374 Å². The lowest BCUT2D eigenvalue weighted by molar-refractivity contribution is -0.151. The van der Waals surface area contributed by atoms with Crippen LogP contribution in [-0.2, 0) is 57.0 Å². The molecule has 0 aliphatic heterocycles. The summed E-state index contributed by atoms with van der Waals surface area (Å²) in [6.07, 6.45) is 6.88. The molecule has 0 fully saturated rings. The second-order valence-corrected chi connectivity index (χ2v) is 34.0. The number of fused-ring (bicyclic) bond motifs is 3. The number of carbonyl (C=O) groups excluding carboxylic acids is 10. The van der Waals surface area contributed by atoms with Crippen LogP contribution in [0, 0.1) is 0 Å². The number of ether oxygens (including phenoxy) is 12. The summed E-state index contributed by atoms with van der Waals surface area (Å²) in [5, 5.41) is 27.3. The van der Waals surface area contributed by atoms with E-state index in [1.54, 1.807) is 142 Å². The molecule has 12 rings (SSSR count). The van der Waals surface area contributed by atoms with Crippen LogP contribution in [0.4, 0.5) is 0 Å². The summed E-state index contributed by atoms with van der Waals surface area (Å²) < 4.78 is 61.9. The Hall–Kier alpha value is -14.7. The molecule has 0 aliphatic rings. The van der Waals surface area contributed by atoms with E-state index in [-0.39, 0.29) is 43.3 Å². The minimum absolute atomic E-state index is 0.0433. The van der Waals surface area contributed by atoms with E-state index >= 15 is 0 Å². The van der Waals surface area contributed by atoms with Gasteiger partial charge in [-0.1, -0.05) is 233 Å². The Balaban J connectivity index is 0.000000228. The molecule has 0 bridgehead atoms. The topological polar surface area (TPSA) is 322 Å². The summed E-state index contributed by atoms with van der Waals surface area (Å²) in [7, 11) is 8.00. The zero-order valence-electron chi connectivity index (χ0n) is 79.0. The zero-order valence-corrected chi connectivity index (χ0v) is 82.2. The summed E-state index contributed by atoms with van der Waals surface area (Å²) in [6.45, 7) is 20.4. The van der Waals surface area contributed by atoms with Crippen molar-refractivity contribution in [1.29, 1.82) is 0 Å². The largest absolute Gasteiger partial charge is 0.489 e. The van der Waals surface area contributed by atoms with Crippen LogP contribution in [0.2, 0.25) is 0 Å². The first-order chi connectivity index (χ1) is 65.4. The van der Waals surface area contributed by atoms with E-state index < -0.39 is 58.7 Å². The molecular formula is C111H112Br2O24. The predicted octanol–water partition coefficient (Wildman–Crippen LogP) is 22.3. The lowest BCUT2D eigenvalue weighted by atomic mass is 10.0. The van der Waals surface area contributed by atoms with Gasteiger partial charge in [0.15, 0.2) is 0 Å². The highest BCUT2D eigenvalue weighted by atomic mass is 79.9. The Morgan fingerprint density at radius 1 is 0.321 bits per heavy atom. The maximum absolute atomic E-state index is 12.8. The number of hydrogen-bond donors (Lipinski definition) is 2. The van der Waals surface area contributed by atoms with Gasteiger partial charge in [0.25, 0.3) is 0 Å². The highest BCUT2D eigenvalue weighted by Gasteiger charge is 2.26. The Kier molecular flexibility index (Phi) is 43.6. The normalized spacial score (nSPS) is 11.5. The highest BCUT2D eigenvalue weighted by molar-refractivity contribution is 9.09. The first kappa shape index (κ1) is 109. The van der Waals surface area contributed by atoms with E-state index in [2.05, 4.69) is 81.7 Å². The average Bonchev–Trinajstić information content (AvgIpc) is 0.851. The first-order valence-electron chi connectivity index (χ1n) is 42.9. The number of aldehydes is 1. The van der Waals surface area contributed by atoms with Crippen LogP contribution < -0.4 is 14.2 Å². The number of aliphatic hydroxyl groups is 2. The van der Waals surface area contributed by atoms with Gasteiger partial charge in [-0.3, -0.25) is 4.79 Å². The molecule has 2 N–H and O–H groups in total. The summed E-state index contributed by atoms with van der Waals surface area (Å²) in [4.78, 5) is 115. The summed E-state index contributed by atoms with van der Waals surface area (Å²) in [6, 6.07) is 82.1. The highest BCUT2D eigenvalue weighted by Crippen LogP contribution is 2.32. The number of methoxy groups -OCH3 is 6. The molecule has 0 saturated heterocycles. The van der Waals surface area contributed by atoms with E-state index in [1.807, 2.05) is 169 Å². The summed E-state index contributed by atoms with van der Waals surface area (Å²) in [5.41, 5.74) is 7.99. The molecule has 0 saturated carbocycles. The van der Waals surface area contributed by atoms with Gasteiger partial charge in [-0.2, -0.15) is 0 Å². The minimum atomic E-state index is -1.19. The molecule has 12 aromatic carbocycles. The number of carbonyl (C=O) groups is 10. The van der Waals surface area contributed by atoms with Crippen molar-refractivity contribution in [2.24, 2.45) is 0 Å². The molecule has 0 aromatic heterocycles. The zero-order chi connectivity index (χ0) is 100. The van der Waals surface area contributed by atoms with E-state index in [0.717, 1.165) is 83.5 Å². The number of hydrogen-bond acceptors (Lipinski definition) is 24. The van der Waals surface area contributed by atoms with Crippen molar-refractivity contribution < 1.29 is 115 Å². The second-order valence-electron chi connectivity index (χ2n) is 32.9. The SMILES string of the molecule is C=C(C(=O)OC(C)(C)C)C(O)c1ccc(C(=O)OC)cc1.COC(=O)c1ccc(/C=C(/CBr)COc2cccc3ccccc23)cc1.COC(=O)c1ccc(/C=C(/CO)COc2cccc3ccccc23)cc1.COC(=O)c1ccc(/C=C(\CBr)C(=O)OC(C)(C)C)cc1.COC(=O)c1ccc(/C=C(\COc2cccc3ccccc23)C(=O)OC(C)(C)C)cc1.COC(=O)c1ccc(C=O)cc1. The maximum Gasteiger partial charge on any atom is 0.338 e. The number of halogens is 2. The molecule has 1 atom stereocenters. The number of rotatable bonds is 28. The standard InChI is InChI=1S/C26H26O5.C22H19BrO3.C22H20O4.C16H19BrO4.C16H20O5.C9H8O3/c1-26(2,3)31-25(28)21(16-18-12-14-20(15-13-18)24(27)29-4)17-30-23-11-7-9-19-8-5-6-10-22(19)23;2*1-25-22(24)19-11-9-16(10-12-19)13-17(14-23)15-26-21-8-4-6-18-5-2-3-7-20(18)21;1-16(2,3)21-15(19)13(10-17)9-11-5-7-12(8-6-11)14(18)20-4;1-10(14(18)21-16(2,3)4)13(17)11-6-8-12(9-7-11)15(19)20-5;1-12-9(11)8-4-2-7(6-10)3-5-8/h5-16H,17H2,1-4H3;2-13H,14-15H2,1H3;2-13,23H,14-15H2,1H3;5-9H,10H2,1-4H3;6-9,13,17H,1H2,2-5H3;2-6H,1H3/b21-16+;2*17-13-;13-9+;;. The third-order valence-corrected chi connectivity index (χ3v) is 20.5. The van der Waals surface area contributed by atoms with E-state index in [0.29, 0.717) is 78.7 Å². The van der Waals surface area contributed by atoms with Crippen molar-refractivity contribution in [1.82, 2.24) is 0 Å². The van der Waals surface area contributed by atoms with Gasteiger partial charge in [-0.05, 0) is 221 Å². The average molecular weight is 1990 g/mol. The predicted molar refractivity (Wildman–Crippen MR) is 539 cm³/mol. The number of benzene rings is 12. The molecule has 0 aliphatic carbocycles. The van der Waals surface area contributed by atoms with Gasteiger partial charge in [0.2, 0.25) is 0 Å². The van der Waals surface area contributed by atoms with Gasteiger partial charge in [0, 0.05) is 38.0 Å². The molecule has 0 radical (unpaired) electrons. The Bertz CT molecular complexity index is 6060. The third-order valence-electron chi connectivity index (χ3n) is 19.2. The summed E-state index contributed by atoms with van der Waals surface area (Å²) >= 11 is 6.81. The van der Waals surface area contributed by atoms with Crippen LogP contribution in [0.1, 0.15) is 169 Å². The fraction of sp³-hybridized carbons (Fsp3) is 0.225. The Morgan fingerprint density at radius 2 is 0.584 bits per heavy atom. The molecule has 0 amide bonds. The first-order valence-corrected chi connectivity index (χ1v) is 45.1. The van der Waals surface area contributed by atoms with Gasteiger partial charge in [-0.15, -0.1) is 0 Å². The van der Waals surface area contributed by atoms with Crippen LogP contribution in [0.5, 0.6) is 17.2 Å². The molecule has 714 valence electrons. The lowest BCUT2D eigenvalue weighted by Gasteiger charge is -2.22. The van der Waals surface area contributed by atoms with Gasteiger partial charge < -0.3 is 67.1 Å².